The van der Waals surface area contributed by atoms with Gasteiger partial charge in [-0.25, -0.2) is 0 Å². The second-order valence-corrected chi connectivity index (χ2v) is 5.22. The SMILES string of the molecule is CN1CCN(CCOc2ccc3cc[nH]c3c2)CC1. The summed E-state index contributed by atoms with van der Waals surface area (Å²) >= 11 is 0. The van der Waals surface area contributed by atoms with Crippen molar-refractivity contribution in [3.63, 3.8) is 0 Å². The third kappa shape index (κ3) is 3.08. The number of hydrogen-bond acceptors (Lipinski definition) is 3. The standard InChI is InChI=1S/C15H21N3O/c1-17-6-8-18(9-7-17)10-11-19-14-3-2-13-4-5-16-15(13)12-14/h2-5,12,16H,6-11H2,1H3. The predicted molar refractivity (Wildman–Crippen MR) is 77.7 cm³/mol. The number of fused-ring (bicyclic) bond motifs is 1. The van der Waals surface area contributed by atoms with Gasteiger partial charge in [0.15, 0.2) is 0 Å². The highest BCUT2D eigenvalue weighted by Crippen LogP contribution is 2.19. The van der Waals surface area contributed by atoms with E-state index in [1.807, 2.05) is 12.3 Å². The molecule has 0 aliphatic carbocycles. The van der Waals surface area contributed by atoms with Crippen LogP contribution in [0.2, 0.25) is 0 Å². The molecule has 1 fully saturated rings. The van der Waals surface area contributed by atoms with E-state index in [4.69, 9.17) is 4.74 Å². The van der Waals surface area contributed by atoms with E-state index in [1.54, 1.807) is 0 Å². The molecule has 4 nitrogen and oxygen atoms in total. The van der Waals surface area contributed by atoms with Gasteiger partial charge in [0.25, 0.3) is 0 Å². The number of benzene rings is 1. The molecule has 1 aromatic carbocycles. The lowest BCUT2D eigenvalue weighted by Crippen LogP contribution is -2.45. The number of hydrogen-bond donors (Lipinski definition) is 1. The lowest BCUT2D eigenvalue weighted by molar-refractivity contribution is 0.134. The van der Waals surface area contributed by atoms with Crippen molar-refractivity contribution in [2.24, 2.45) is 0 Å². The zero-order valence-corrected chi connectivity index (χ0v) is 11.4. The van der Waals surface area contributed by atoms with Gasteiger partial charge < -0.3 is 14.6 Å². The Balaban J connectivity index is 1.49. The molecule has 3 rings (SSSR count). The molecule has 0 spiro atoms. The number of aromatic amines is 1. The average Bonchev–Trinajstić information content (AvgIpc) is 2.88. The number of piperazine rings is 1. The van der Waals surface area contributed by atoms with Gasteiger partial charge in [0, 0.05) is 50.5 Å². The van der Waals surface area contributed by atoms with Crippen molar-refractivity contribution >= 4 is 10.9 Å². The first-order valence-electron chi connectivity index (χ1n) is 6.92. The molecule has 1 aliphatic rings. The van der Waals surface area contributed by atoms with Gasteiger partial charge in [-0.2, -0.15) is 0 Å². The number of nitrogens with one attached hydrogen (secondary N) is 1. The summed E-state index contributed by atoms with van der Waals surface area (Å²) in [5.41, 5.74) is 1.14. The highest BCUT2D eigenvalue weighted by atomic mass is 16.5. The zero-order valence-electron chi connectivity index (χ0n) is 11.4. The molecule has 102 valence electrons. The summed E-state index contributed by atoms with van der Waals surface area (Å²) in [5, 5.41) is 1.23. The van der Waals surface area contributed by atoms with Crippen molar-refractivity contribution in [3.8, 4) is 5.75 Å². The van der Waals surface area contributed by atoms with Crippen LogP contribution in [0.1, 0.15) is 0 Å². The number of H-pyrrole nitrogens is 1. The maximum atomic E-state index is 5.84. The number of aromatic nitrogens is 1. The molecule has 1 aromatic heterocycles. The molecule has 1 saturated heterocycles. The fourth-order valence-electron chi connectivity index (χ4n) is 2.48. The highest BCUT2D eigenvalue weighted by Gasteiger charge is 2.13. The van der Waals surface area contributed by atoms with Gasteiger partial charge in [0.2, 0.25) is 0 Å². The second kappa shape index (κ2) is 5.63. The topological polar surface area (TPSA) is 31.5 Å². The highest BCUT2D eigenvalue weighted by molar-refractivity contribution is 5.80. The second-order valence-electron chi connectivity index (χ2n) is 5.22. The Morgan fingerprint density at radius 3 is 2.84 bits per heavy atom. The summed E-state index contributed by atoms with van der Waals surface area (Å²) in [6.45, 7) is 6.39. The van der Waals surface area contributed by atoms with Crippen LogP contribution in [0.5, 0.6) is 5.75 Å². The first-order valence-corrected chi connectivity index (χ1v) is 6.92. The minimum Gasteiger partial charge on any atom is -0.492 e. The van der Waals surface area contributed by atoms with Crippen LogP contribution in [-0.4, -0.2) is 61.2 Å². The van der Waals surface area contributed by atoms with E-state index in [0.717, 1.165) is 50.6 Å². The summed E-state index contributed by atoms with van der Waals surface area (Å²) in [4.78, 5) is 8.05. The summed E-state index contributed by atoms with van der Waals surface area (Å²) in [6.07, 6.45) is 1.96. The molecule has 1 aliphatic heterocycles. The molecule has 4 heteroatoms. The van der Waals surface area contributed by atoms with Crippen LogP contribution in [0.15, 0.2) is 30.5 Å². The molecule has 0 bridgehead atoms. The maximum Gasteiger partial charge on any atom is 0.121 e. The van der Waals surface area contributed by atoms with Gasteiger partial charge >= 0.3 is 0 Å². The van der Waals surface area contributed by atoms with Crippen molar-refractivity contribution in [1.82, 2.24) is 14.8 Å². The van der Waals surface area contributed by atoms with Crippen molar-refractivity contribution in [2.75, 3.05) is 46.4 Å². The summed E-state index contributed by atoms with van der Waals surface area (Å²) in [5.74, 6) is 0.948. The monoisotopic (exact) mass is 259 g/mol. The molecule has 1 N–H and O–H groups in total. The Hall–Kier alpha value is -1.52. The lowest BCUT2D eigenvalue weighted by Gasteiger charge is -2.32. The van der Waals surface area contributed by atoms with Gasteiger partial charge in [-0.15, -0.1) is 0 Å². The molecule has 0 atom stereocenters. The quantitative estimate of drug-likeness (QED) is 0.908. The lowest BCUT2D eigenvalue weighted by atomic mass is 10.2. The minimum absolute atomic E-state index is 0.760. The number of rotatable bonds is 4. The minimum atomic E-state index is 0.760. The molecule has 2 aromatic rings. The van der Waals surface area contributed by atoms with Crippen LogP contribution in [0.4, 0.5) is 0 Å². The van der Waals surface area contributed by atoms with Gasteiger partial charge in [-0.1, -0.05) is 0 Å². The van der Waals surface area contributed by atoms with Crippen LogP contribution < -0.4 is 4.74 Å². The molecular formula is C15H21N3O. The Labute approximate surface area is 114 Å². The fraction of sp³-hybridized carbons (Fsp3) is 0.467. The normalized spacial score (nSPS) is 17.9. The molecule has 19 heavy (non-hydrogen) atoms. The van der Waals surface area contributed by atoms with E-state index in [2.05, 4.69) is 40.0 Å². The molecule has 0 radical (unpaired) electrons. The van der Waals surface area contributed by atoms with Crippen LogP contribution in [-0.2, 0) is 0 Å². The van der Waals surface area contributed by atoms with Gasteiger partial charge in [-0.3, -0.25) is 4.90 Å². The van der Waals surface area contributed by atoms with Crippen molar-refractivity contribution in [3.05, 3.63) is 30.5 Å². The van der Waals surface area contributed by atoms with Crippen LogP contribution in [0, 0.1) is 0 Å². The van der Waals surface area contributed by atoms with Crippen molar-refractivity contribution < 1.29 is 4.74 Å². The Kier molecular flexibility index (Phi) is 3.71. The predicted octanol–water partition coefficient (Wildman–Crippen LogP) is 1.79. The number of likely N-dealkylation sites (N-methyl/N-ethyl adjacent to an activating group) is 1. The average molecular weight is 259 g/mol. The molecule has 0 saturated carbocycles. The first kappa shape index (κ1) is 12.5. The van der Waals surface area contributed by atoms with E-state index in [9.17, 15) is 0 Å². The molecule has 0 unspecified atom stereocenters. The van der Waals surface area contributed by atoms with Gasteiger partial charge in [0.05, 0.1) is 0 Å². The third-order valence-corrected chi connectivity index (χ3v) is 3.80. The van der Waals surface area contributed by atoms with Crippen LogP contribution in [0.3, 0.4) is 0 Å². The van der Waals surface area contributed by atoms with E-state index in [-0.39, 0.29) is 0 Å². The Morgan fingerprint density at radius 2 is 2.00 bits per heavy atom. The number of nitrogens with zero attached hydrogens (tertiary/aromatic N) is 2. The molecule has 2 heterocycles. The van der Waals surface area contributed by atoms with E-state index < -0.39 is 0 Å². The molecule has 0 amide bonds. The van der Waals surface area contributed by atoms with Crippen molar-refractivity contribution in [2.45, 2.75) is 0 Å². The zero-order chi connectivity index (χ0) is 13.1. The largest absolute Gasteiger partial charge is 0.492 e. The fourth-order valence-corrected chi connectivity index (χ4v) is 2.48. The number of ether oxygens (including phenoxy) is 1. The Morgan fingerprint density at radius 1 is 1.16 bits per heavy atom. The van der Waals surface area contributed by atoms with E-state index in [0.29, 0.717) is 0 Å². The van der Waals surface area contributed by atoms with Gasteiger partial charge in [0.1, 0.15) is 12.4 Å². The smallest absolute Gasteiger partial charge is 0.121 e. The van der Waals surface area contributed by atoms with Crippen LogP contribution >= 0.6 is 0 Å². The van der Waals surface area contributed by atoms with E-state index in [1.165, 1.54) is 5.39 Å². The van der Waals surface area contributed by atoms with Crippen molar-refractivity contribution in [1.29, 1.82) is 0 Å². The third-order valence-electron chi connectivity index (χ3n) is 3.80. The Bertz CT molecular complexity index is 529. The summed E-state index contributed by atoms with van der Waals surface area (Å²) in [7, 11) is 2.18. The first-order chi connectivity index (χ1) is 9.31. The van der Waals surface area contributed by atoms with E-state index >= 15 is 0 Å². The summed E-state index contributed by atoms with van der Waals surface area (Å²) in [6, 6.07) is 8.28. The summed E-state index contributed by atoms with van der Waals surface area (Å²) < 4.78 is 5.84. The molecular weight excluding hydrogens is 238 g/mol. The van der Waals surface area contributed by atoms with Gasteiger partial charge in [-0.05, 0) is 30.6 Å². The van der Waals surface area contributed by atoms with Crippen LogP contribution in [0.25, 0.3) is 10.9 Å². The maximum absolute atomic E-state index is 5.84.